The summed E-state index contributed by atoms with van der Waals surface area (Å²) in [7, 11) is -3.49. The molecule has 3 aromatic rings. The van der Waals surface area contributed by atoms with Gasteiger partial charge in [-0.15, -0.1) is 0 Å². The van der Waals surface area contributed by atoms with Crippen molar-refractivity contribution in [1.29, 1.82) is 0 Å². The molecule has 0 spiro atoms. The van der Waals surface area contributed by atoms with Crippen molar-refractivity contribution >= 4 is 47.4 Å². The van der Waals surface area contributed by atoms with Gasteiger partial charge in [0.2, 0.25) is 0 Å². The summed E-state index contributed by atoms with van der Waals surface area (Å²) in [5.41, 5.74) is 2.69. The summed E-state index contributed by atoms with van der Waals surface area (Å²) in [6.45, 7) is 0.419. The van der Waals surface area contributed by atoms with Gasteiger partial charge >= 0.3 is 9.15 Å². The first-order valence-electron chi connectivity index (χ1n) is 6.68. The Morgan fingerprint density at radius 3 is 2.09 bits per heavy atom. The number of hydrogen-bond donors (Lipinski definition) is 2. The van der Waals surface area contributed by atoms with Gasteiger partial charge in [0.25, 0.3) is 0 Å². The lowest BCUT2D eigenvalue weighted by molar-refractivity contribution is 0.503. The van der Waals surface area contributed by atoms with Crippen LogP contribution in [0.25, 0.3) is 21.8 Å². The zero-order valence-corrected chi connectivity index (χ0v) is 13.2. The molecule has 0 aliphatic rings. The second kappa shape index (κ2) is 6.12. The van der Waals surface area contributed by atoms with Crippen LogP contribution in [0.15, 0.2) is 48.5 Å². The van der Waals surface area contributed by atoms with Gasteiger partial charge in [0.1, 0.15) is 0 Å². The first-order valence-corrected chi connectivity index (χ1v) is 9.62. The summed E-state index contributed by atoms with van der Waals surface area (Å²) in [6.07, 6.45) is 0. The van der Waals surface area contributed by atoms with E-state index < -0.39 is 9.15 Å². The zero-order chi connectivity index (χ0) is 15.6. The van der Waals surface area contributed by atoms with Gasteiger partial charge in [0.05, 0.1) is 16.7 Å². The summed E-state index contributed by atoms with van der Waals surface area (Å²) in [5, 5.41) is 5.24. The molecule has 0 aliphatic carbocycles. The van der Waals surface area contributed by atoms with E-state index in [1.54, 1.807) is 0 Å². The molecule has 7 heteroatoms. The first kappa shape index (κ1) is 15.1. The average Bonchev–Trinajstić information content (AvgIpc) is 2.49. The highest BCUT2D eigenvalue weighted by atomic mass is 33.1. The Labute approximate surface area is 131 Å². The monoisotopic (exact) mass is 334 g/mol. The summed E-state index contributed by atoms with van der Waals surface area (Å²) in [6, 6.07) is 15.6. The third-order valence-corrected chi connectivity index (χ3v) is 5.29. The molecule has 2 aromatic carbocycles. The molecule has 1 heterocycles. The molecule has 2 N–H and O–H groups in total. The fraction of sp³-hybridized carbons (Fsp3) is 0.133. The molecule has 0 aliphatic heterocycles. The molecule has 1 aromatic heterocycles. The number of benzene rings is 2. The molecule has 114 valence electrons. The van der Waals surface area contributed by atoms with E-state index >= 15 is 0 Å². The standard InChI is InChI=1S/C15H14N2O3S2/c18-22(19,20)21-10-9-16-15-11-5-1-3-7-13(11)17-14-8-4-2-6-12(14)15/h1-8H,9-10H2,(H,16,17)(H,18,19,20). The molecule has 0 saturated carbocycles. The smallest absolute Gasteiger partial charge is 0.319 e. The minimum absolute atomic E-state index is 0.254. The maximum atomic E-state index is 10.7. The van der Waals surface area contributed by atoms with Crippen molar-refractivity contribution in [2.45, 2.75) is 0 Å². The van der Waals surface area contributed by atoms with E-state index in [-0.39, 0.29) is 5.75 Å². The highest BCUT2D eigenvalue weighted by Crippen LogP contribution is 2.30. The molecule has 3 rings (SSSR count). The minimum Gasteiger partial charge on any atom is -0.383 e. The quantitative estimate of drug-likeness (QED) is 0.322. The van der Waals surface area contributed by atoms with Crippen LogP contribution in [-0.4, -0.2) is 30.3 Å². The van der Waals surface area contributed by atoms with E-state index in [4.69, 9.17) is 4.55 Å². The van der Waals surface area contributed by atoms with E-state index in [1.165, 1.54) is 0 Å². The molecule has 22 heavy (non-hydrogen) atoms. The van der Waals surface area contributed by atoms with Gasteiger partial charge in [-0.2, -0.15) is 8.42 Å². The highest BCUT2D eigenvalue weighted by Gasteiger charge is 2.09. The highest BCUT2D eigenvalue weighted by molar-refractivity contribution is 8.69. The summed E-state index contributed by atoms with van der Waals surface area (Å²) in [4.78, 5) is 4.62. The van der Waals surface area contributed by atoms with Gasteiger partial charge < -0.3 is 5.32 Å². The lowest BCUT2D eigenvalue weighted by Crippen LogP contribution is -2.07. The van der Waals surface area contributed by atoms with Crippen LogP contribution in [0.4, 0.5) is 5.69 Å². The third kappa shape index (κ3) is 3.32. The van der Waals surface area contributed by atoms with Crippen LogP contribution in [0.5, 0.6) is 0 Å². The molecule has 5 nitrogen and oxygen atoms in total. The number of pyridine rings is 1. The molecule has 0 amide bonds. The van der Waals surface area contributed by atoms with Crippen LogP contribution < -0.4 is 5.32 Å². The molecule has 0 fully saturated rings. The van der Waals surface area contributed by atoms with Gasteiger partial charge in [-0.25, -0.2) is 4.98 Å². The van der Waals surface area contributed by atoms with Crippen LogP contribution in [0.2, 0.25) is 0 Å². The van der Waals surface area contributed by atoms with Gasteiger partial charge in [0.15, 0.2) is 0 Å². The lowest BCUT2D eigenvalue weighted by Gasteiger charge is -2.12. The number of aromatic nitrogens is 1. The lowest BCUT2D eigenvalue weighted by atomic mass is 10.1. The summed E-state index contributed by atoms with van der Waals surface area (Å²) < 4.78 is 30.3. The molecule has 0 atom stereocenters. The second-order valence-electron chi connectivity index (χ2n) is 4.70. The molecular weight excluding hydrogens is 320 g/mol. The topological polar surface area (TPSA) is 79.3 Å². The van der Waals surface area contributed by atoms with Crippen molar-refractivity contribution in [3.63, 3.8) is 0 Å². The van der Waals surface area contributed by atoms with E-state index in [1.807, 2.05) is 48.5 Å². The number of para-hydroxylation sites is 2. The van der Waals surface area contributed by atoms with Crippen molar-refractivity contribution < 1.29 is 13.0 Å². The Balaban J connectivity index is 1.97. The number of anilines is 1. The van der Waals surface area contributed by atoms with Crippen LogP contribution in [0, 0.1) is 0 Å². The van der Waals surface area contributed by atoms with Crippen LogP contribution in [0.3, 0.4) is 0 Å². The van der Waals surface area contributed by atoms with Crippen molar-refractivity contribution in [2.75, 3.05) is 17.6 Å². The largest absolute Gasteiger partial charge is 0.383 e. The minimum atomic E-state index is -4.00. The maximum Gasteiger partial charge on any atom is 0.319 e. The molecule has 0 unspecified atom stereocenters. The second-order valence-corrected chi connectivity index (χ2v) is 8.17. The van der Waals surface area contributed by atoms with Crippen molar-refractivity contribution in [3.05, 3.63) is 48.5 Å². The Kier molecular flexibility index (Phi) is 4.19. The summed E-state index contributed by atoms with van der Waals surface area (Å²) >= 11 is 0. The van der Waals surface area contributed by atoms with Crippen molar-refractivity contribution in [1.82, 2.24) is 4.98 Å². The van der Waals surface area contributed by atoms with Gasteiger partial charge in [-0.05, 0) is 22.9 Å². The predicted octanol–water partition coefficient (Wildman–Crippen LogP) is 3.34. The fourth-order valence-corrected chi connectivity index (χ4v) is 3.63. The predicted molar refractivity (Wildman–Crippen MR) is 91.7 cm³/mol. The van der Waals surface area contributed by atoms with Crippen molar-refractivity contribution in [3.8, 4) is 0 Å². The van der Waals surface area contributed by atoms with Gasteiger partial charge in [0, 0.05) is 23.1 Å². The Hall–Kier alpha value is -1.83. The Morgan fingerprint density at radius 1 is 1.00 bits per heavy atom. The van der Waals surface area contributed by atoms with Crippen LogP contribution >= 0.6 is 10.8 Å². The number of rotatable bonds is 5. The third-order valence-electron chi connectivity index (χ3n) is 3.22. The molecule has 0 radical (unpaired) electrons. The van der Waals surface area contributed by atoms with E-state index in [9.17, 15) is 8.42 Å². The van der Waals surface area contributed by atoms with E-state index in [2.05, 4.69) is 10.3 Å². The fourth-order valence-electron chi connectivity index (χ4n) is 2.35. The van der Waals surface area contributed by atoms with Gasteiger partial charge in [-0.3, -0.25) is 4.55 Å². The first-order chi connectivity index (χ1) is 10.5. The number of fused-ring (bicyclic) bond motifs is 2. The van der Waals surface area contributed by atoms with E-state index in [0.717, 1.165) is 27.5 Å². The molecule has 0 bridgehead atoms. The normalized spacial score (nSPS) is 11.9. The Bertz CT molecular complexity index is 872. The van der Waals surface area contributed by atoms with E-state index in [0.29, 0.717) is 17.3 Å². The zero-order valence-electron chi connectivity index (χ0n) is 11.6. The van der Waals surface area contributed by atoms with Gasteiger partial charge in [-0.1, -0.05) is 36.4 Å². The Morgan fingerprint density at radius 2 is 1.55 bits per heavy atom. The average molecular weight is 334 g/mol. The molecule has 0 saturated heterocycles. The SMILES string of the molecule is O=S(=O)(O)SCCNc1c2ccccc2nc2ccccc12. The number of nitrogens with zero attached hydrogens (tertiary/aromatic N) is 1. The number of nitrogens with one attached hydrogen (secondary N) is 1. The maximum absolute atomic E-state index is 10.7. The molecular formula is C15H14N2O3S2. The van der Waals surface area contributed by atoms with Crippen LogP contribution in [-0.2, 0) is 9.15 Å². The number of hydrogen-bond acceptors (Lipinski definition) is 5. The summed E-state index contributed by atoms with van der Waals surface area (Å²) in [5.74, 6) is 0.254. The van der Waals surface area contributed by atoms with Crippen LogP contribution in [0.1, 0.15) is 0 Å². The van der Waals surface area contributed by atoms with Crippen molar-refractivity contribution in [2.24, 2.45) is 0 Å².